The van der Waals surface area contributed by atoms with Gasteiger partial charge in [-0.1, -0.05) is 46.5 Å². The van der Waals surface area contributed by atoms with E-state index in [0.29, 0.717) is 6.04 Å². The lowest BCUT2D eigenvalue weighted by molar-refractivity contribution is -0.136. The van der Waals surface area contributed by atoms with Gasteiger partial charge in [-0.05, 0) is 18.3 Å². The third kappa shape index (κ3) is 3.98. The highest BCUT2D eigenvalue weighted by Gasteiger charge is 2.32. The lowest BCUT2D eigenvalue weighted by Crippen LogP contribution is -2.51. The molecule has 1 aliphatic rings. The van der Waals surface area contributed by atoms with E-state index in [-0.39, 0.29) is 11.3 Å². The maximum absolute atomic E-state index is 12.3. The molecule has 3 nitrogen and oxygen atoms in total. The van der Waals surface area contributed by atoms with Gasteiger partial charge in [0, 0.05) is 13.1 Å². The van der Waals surface area contributed by atoms with E-state index < -0.39 is 6.04 Å². The molecule has 0 aliphatic heterocycles. The summed E-state index contributed by atoms with van der Waals surface area (Å²) < 4.78 is 0. The van der Waals surface area contributed by atoms with Crippen LogP contribution >= 0.6 is 0 Å². The summed E-state index contributed by atoms with van der Waals surface area (Å²) in [7, 11) is 1.92. The lowest BCUT2D eigenvalue weighted by atomic mass is 9.86. The summed E-state index contributed by atoms with van der Waals surface area (Å²) in [6.45, 7) is 6.07. The van der Waals surface area contributed by atoms with Crippen molar-refractivity contribution in [2.24, 2.45) is 11.1 Å². The van der Waals surface area contributed by atoms with Crippen molar-refractivity contribution in [2.45, 2.75) is 71.4 Å². The second-order valence-corrected chi connectivity index (χ2v) is 6.44. The number of amides is 1. The molecule has 2 N–H and O–H groups in total. The molecule has 1 fully saturated rings. The molecule has 1 atom stereocenters. The molecule has 17 heavy (non-hydrogen) atoms. The van der Waals surface area contributed by atoms with Crippen LogP contribution in [0, 0.1) is 5.41 Å². The maximum atomic E-state index is 12.3. The van der Waals surface area contributed by atoms with E-state index in [4.69, 9.17) is 5.73 Å². The van der Waals surface area contributed by atoms with E-state index in [0.717, 1.165) is 12.8 Å². The summed E-state index contributed by atoms with van der Waals surface area (Å²) in [6.07, 6.45) is 7.38. The summed E-state index contributed by atoms with van der Waals surface area (Å²) >= 11 is 0. The van der Waals surface area contributed by atoms with Crippen molar-refractivity contribution >= 4 is 5.91 Å². The molecule has 1 aliphatic carbocycles. The fourth-order valence-electron chi connectivity index (χ4n) is 2.41. The number of nitrogens with two attached hydrogens (primary N) is 1. The normalized spacial score (nSPS) is 20.8. The molecule has 100 valence electrons. The topological polar surface area (TPSA) is 46.3 Å². The maximum Gasteiger partial charge on any atom is 0.240 e. The van der Waals surface area contributed by atoms with E-state index >= 15 is 0 Å². The minimum Gasteiger partial charge on any atom is -0.341 e. The highest BCUT2D eigenvalue weighted by molar-refractivity contribution is 5.82. The van der Waals surface area contributed by atoms with Crippen LogP contribution in [0.5, 0.6) is 0 Å². The third-order valence-corrected chi connectivity index (χ3v) is 3.92. The molecule has 0 spiro atoms. The molecular formula is C14H28N2O. The van der Waals surface area contributed by atoms with Gasteiger partial charge in [0.2, 0.25) is 5.91 Å². The Balaban J connectivity index is 2.61. The van der Waals surface area contributed by atoms with Gasteiger partial charge in [-0.2, -0.15) is 0 Å². The molecule has 0 radical (unpaired) electrons. The number of carbonyl (C=O) groups excluding carboxylic acids is 1. The van der Waals surface area contributed by atoms with Crippen molar-refractivity contribution in [3.63, 3.8) is 0 Å². The Labute approximate surface area is 106 Å². The monoisotopic (exact) mass is 240 g/mol. The first kappa shape index (κ1) is 14.5. The van der Waals surface area contributed by atoms with E-state index in [1.807, 2.05) is 32.7 Å². The molecule has 0 aromatic rings. The summed E-state index contributed by atoms with van der Waals surface area (Å²) in [5.74, 6) is 0.101. The van der Waals surface area contributed by atoms with E-state index in [2.05, 4.69) is 0 Å². The second kappa shape index (κ2) is 5.85. The number of likely N-dealkylation sites (N-methyl/N-ethyl adjacent to an activating group) is 1. The van der Waals surface area contributed by atoms with Gasteiger partial charge < -0.3 is 10.6 Å². The van der Waals surface area contributed by atoms with Crippen LogP contribution < -0.4 is 5.73 Å². The zero-order chi connectivity index (χ0) is 13.1. The van der Waals surface area contributed by atoms with Crippen LogP contribution in [0.2, 0.25) is 0 Å². The van der Waals surface area contributed by atoms with Crippen molar-refractivity contribution in [2.75, 3.05) is 7.05 Å². The average molecular weight is 240 g/mol. The van der Waals surface area contributed by atoms with Gasteiger partial charge in [0.15, 0.2) is 0 Å². The van der Waals surface area contributed by atoms with Gasteiger partial charge in [0.1, 0.15) is 0 Å². The van der Waals surface area contributed by atoms with Crippen LogP contribution in [0.15, 0.2) is 0 Å². The first-order valence-electron chi connectivity index (χ1n) is 6.86. The number of carbonyl (C=O) groups is 1. The molecule has 0 unspecified atom stereocenters. The Bertz CT molecular complexity index is 249. The van der Waals surface area contributed by atoms with Gasteiger partial charge in [-0.3, -0.25) is 4.79 Å². The predicted octanol–water partition coefficient (Wildman–Crippen LogP) is 2.54. The molecule has 0 aromatic heterocycles. The second-order valence-electron chi connectivity index (χ2n) is 6.44. The molecule has 0 aromatic carbocycles. The quantitative estimate of drug-likeness (QED) is 0.754. The summed E-state index contributed by atoms with van der Waals surface area (Å²) in [6, 6.07) is 0.00848. The molecule has 0 bridgehead atoms. The molecule has 1 amide bonds. The summed E-state index contributed by atoms with van der Waals surface area (Å²) in [4.78, 5) is 14.2. The molecule has 1 rings (SSSR count). The highest BCUT2D eigenvalue weighted by atomic mass is 16.2. The van der Waals surface area contributed by atoms with Crippen molar-refractivity contribution in [3.05, 3.63) is 0 Å². The number of hydrogen-bond acceptors (Lipinski definition) is 2. The first-order chi connectivity index (χ1) is 7.84. The van der Waals surface area contributed by atoms with E-state index in [1.54, 1.807) is 0 Å². The van der Waals surface area contributed by atoms with Crippen LogP contribution in [0.1, 0.15) is 59.3 Å². The van der Waals surface area contributed by atoms with E-state index in [9.17, 15) is 4.79 Å². The number of nitrogens with zero attached hydrogens (tertiary/aromatic N) is 1. The van der Waals surface area contributed by atoms with Crippen molar-refractivity contribution in [1.29, 1.82) is 0 Å². The molecule has 3 heteroatoms. The van der Waals surface area contributed by atoms with Crippen molar-refractivity contribution < 1.29 is 4.79 Å². The Morgan fingerprint density at radius 2 is 1.65 bits per heavy atom. The molecular weight excluding hydrogens is 212 g/mol. The van der Waals surface area contributed by atoms with Gasteiger partial charge >= 0.3 is 0 Å². The molecule has 0 saturated heterocycles. The summed E-state index contributed by atoms with van der Waals surface area (Å²) in [5.41, 5.74) is 5.89. The fourth-order valence-corrected chi connectivity index (χ4v) is 2.41. The van der Waals surface area contributed by atoms with Crippen LogP contribution in [-0.4, -0.2) is 29.9 Å². The van der Waals surface area contributed by atoms with Crippen LogP contribution in [-0.2, 0) is 4.79 Å². The van der Waals surface area contributed by atoms with Crippen LogP contribution in [0.3, 0.4) is 0 Å². The lowest BCUT2D eigenvalue weighted by Gasteiger charge is -2.34. The van der Waals surface area contributed by atoms with Crippen molar-refractivity contribution in [3.8, 4) is 0 Å². The number of hydrogen-bond donors (Lipinski definition) is 1. The minimum atomic E-state index is -0.393. The standard InChI is InChI=1S/C14H28N2O/c1-14(2,3)12(15)13(17)16(4)11-9-7-5-6-8-10-11/h11-12H,5-10,15H2,1-4H3/t12-/m0/s1. The van der Waals surface area contributed by atoms with Gasteiger partial charge in [0.05, 0.1) is 6.04 Å². The molecule has 0 heterocycles. The fraction of sp³-hybridized carbons (Fsp3) is 0.929. The third-order valence-electron chi connectivity index (χ3n) is 3.92. The Morgan fingerprint density at radius 3 is 2.06 bits per heavy atom. The Morgan fingerprint density at radius 1 is 1.18 bits per heavy atom. The van der Waals surface area contributed by atoms with Crippen LogP contribution in [0.4, 0.5) is 0 Å². The van der Waals surface area contributed by atoms with E-state index in [1.165, 1.54) is 25.7 Å². The van der Waals surface area contributed by atoms with Gasteiger partial charge in [-0.15, -0.1) is 0 Å². The largest absolute Gasteiger partial charge is 0.341 e. The average Bonchev–Trinajstić information content (AvgIpc) is 2.53. The summed E-state index contributed by atoms with van der Waals surface area (Å²) in [5, 5.41) is 0. The smallest absolute Gasteiger partial charge is 0.240 e. The van der Waals surface area contributed by atoms with Gasteiger partial charge in [-0.25, -0.2) is 0 Å². The van der Waals surface area contributed by atoms with Crippen LogP contribution in [0.25, 0.3) is 0 Å². The first-order valence-corrected chi connectivity index (χ1v) is 6.86. The highest BCUT2D eigenvalue weighted by Crippen LogP contribution is 2.24. The SMILES string of the molecule is CN(C(=O)[C@H](N)C(C)(C)C)C1CCCCCC1. The van der Waals surface area contributed by atoms with Gasteiger partial charge in [0.25, 0.3) is 0 Å². The Hall–Kier alpha value is -0.570. The number of rotatable bonds is 2. The minimum absolute atomic E-state index is 0.101. The van der Waals surface area contributed by atoms with Crippen molar-refractivity contribution in [1.82, 2.24) is 4.90 Å². The molecule has 1 saturated carbocycles. The predicted molar refractivity (Wildman–Crippen MR) is 71.7 cm³/mol. The Kier molecular flexibility index (Phi) is 4.99. The zero-order valence-corrected chi connectivity index (χ0v) is 11.8. The zero-order valence-electron chi connectivity index (χ0n) is 11.8.